The standard InChI is InChI=1S/C15H20N6O4S/c1-4-20(5-2)15-13(21(22)23)14(16-10-17-15)18-19-26(24,25)12-8-6-11(3)7-9-12/h6-10,19H,4-5H2,1-3H3,(H,16,17,18). The molecule has 0 atom stereocenters. The van der Waals surface area contributed by atoms with Crippen LogP contribution in [0, 0.1) is 17.0 Å². The smallest absolute Gasteiger partial charge is 0.351 e. The van der Waals surface area contributed by atoms with E-state index in [-0.39, 0.29) is 16.5 Å². The highest BCUT2D eigenvalue weighted by Crippen LogP contribution is 2.31. The molecule has 1 heterocycles. The van der Waals surface area contributed by atoms with Gasteiger partial charge in [0.2, 0.25) is 11.6 Å². The van der Waals surface area contributed by atoms with Crippen molar-refractivity contribution in [1.29, 1.82) is 0 Å². The van der Waals surface area contributed by atoms with Gasteiger partial charge in [0.1, 0.15) is 6.33 Å². The van der Waals surface area contributed by atoms with Crippen LogP contribution in [0.2, 0.25) is 0 Å². The fourth-order valence-electron chi connectivity index (χ4n) is 2.28. The first kappa shape index (κ1) is 19.5. The lowest BCUT2D eigenvalue weighted by Crippen LogP contribution is -2.31. The third-order valence-corrected chi connectivity index (χ3v) is 4.95. The number of rotatable bonds is 8. The first-order chi connectivity index (χ1) is 12.3. The summed E-state index contributed by atoms with van der Waals surface area (Å²) in [5.74, 6) is -0.116. The molecule has 1 aromatic carbocycles. The molecule has 2 rings (SSSR count). The Morgan fingerprint density at radius 2 is 1.77 bits per heavy atom. The van der Waals surface area contributed by atoms with Crippen LogP contribution in [0.4, 0.5) is 17.3 Å². The number of hydrogen-bond acceptors (Lipinski definition) is 8. The molecule has 2 N–H and O–H groups in total. The Hall–Kier alpha value is -2.79. The van der Waals surface area contributed by atoms with Gasteiger partial charge in [-0.15, -0.1) is 4.83 Å². The molecular formula is C15H20N6O4S. The molecule has 0 amide bonds. The number of aryl methyl sites for hydroxylation is 1. The number of sulfonamides is 1. The number of nitrogens with one attached hydrogen (secondary N) is 2. The Labute approximate surface area is 151 Å². The average Bonchev–Trinajstić information content (AvgIpc) is 2.61. The van der Waals surface area contributed by atoms with Crippen molar-refractivity contribution >= 4 is 27.3 Å². The van der Waals surface area contributed by atoms with Gasteiger partial charge >= 0.3 is 5.69 Å². The maximum Gasteiger partial charge on any atom is 0.354 e. The van der Waals surface area contributed by atoms with Crippen LogP contribution in [0.25, 0.3) is 0 Å². The highest BCUT2D eigenvalue weighted by molar-refractivity contribution is 7.89. The van der Waals surface area contributed by atoms with Crippen molar-refractivity contribution in [3.05, 3.63) is 46.3 Å². The van der Waals surface area contributed by atoms with Crippen LogP contribution in [0.5, 0.6) is 0 Å². The zero-order valence-corrected chi connectivity index (χ0v) is 15.4. The second-order valence-electron chi connectivity index (χ2n) is 5.37. The van der Waals surface area contributed by atoms with E-state index in [0.29, 0.717) is 13.1 Å². The summed E-state index contributed by atoms with van der Waals surface area (Å²) in [6.07, 6.45) is 1.14. The lowest BCUT2D eigenvalue weighted by molar-refractivity contribution is -0.383. The molecule has 0 radical (unpaired) electrons. The molecule has 0 fully saturated rings. The summed E-state index contributed by atoms with van der Waals surface area (Å²) in [6, 6.07) is 6.19. The predicted octanol–water partition coefficient (Wildman–Crippen LogP) is 1.84. The maximum absolute atomic E-state index is 12.3. The van der Waals surface area contributed by atoms with Crippen LogP contribution in [0.1, 0.15) is 19.4 Å². The highest BCUT2D eigenvalue weighted by atomic mass is 32.2. The first-order valence-electron chi connectivity index (χ1n) is 7.89. The Balaban J connectivity index is 2.33. The third-order valence-electron chi connectivity index (χ3n) is 3.68. The molecular weight excluding hydrogens is 360 g/mol. The minimum Gasteiger partial charge on any atom is -0.351 e. The van der Waals surface area contributed by atoms with Crippen molar-refractivity contribution in [2.24, 2.45) is 0 Å². The second kappa shape index (κ2) is 8.06. The number of hydrazine groups is 1. The van der Waals surface area contributed by atoms with Crippen LogP contribution in [-0.4, -0.2) is 36.4 Å². The first-order valence-corrected chi connectivity index (χ1v) is 9.37. The lowest BCUT2D eigenvalue weighted by atomic mass is 10.2. The largest absolute Gasteiger partial charge is 0.354 e. The van der Waals surface area contributed by atoms with Crippen LogP contribution >= 0.6 is 0 Å². The van der Waals surface area contributed by atoms with Gasteiger partial charge in [-0.2, -0.15) is 0 Å². The van der Waals surface area contributed by atoms with Gasteiger partial charge in [-0.05, 0) is 32.9 Å². The lowest BCUT2D eigenvalue weighted by Gasteiger charge is -2.20. The zero-order chi connectivity index (χ0) is 19.3. The number of nitro groups is 1. The van der Waals surface area contributed by atoms with Gasteiger partial charge < -0.3 is 4.90 Å². The van der Waals surface area contributed by atoms with Gasteiger partial charge in [-0.25, -0.2) is 18.4 Å². The summed E-state index contributed by atoms with van der Waals surface area (Å²) in [5.41, 5.74) is 2.84. The van der Waals surface area contributed by atoms with Crippen molar-refractivity contribution < 1.29 is 13.3 Å². The van der Waals surface area contributed by atoms with Gasteiger partial charge in [-0.1, -0.05) is 17.7 Å². The summed E-state index contributed by atoms with van der Waals surface area (Å²) in [4.78, 5) is 22.4. The molecule has 0 saturated carbocycles. The molecule has 140 valence electrons. The molecule has 26 heavy (non-hydrogen) atoms. The number of nitrogens with zero attached hydrogens (tertiary/aromatic N) is 4. The van der Waals surface area contributed by atoms with E-state index in [9.17, 15) is 18.5 Å². The van der Waals surface area contributed by atoms with E-state index in [1.807, 2.05) is 20.8 Å². The van der Waals surface area contributed by atoms with Crippen molar-refractivity contribution in [1.82, 2.24) is 14.8 Å². The Kier molecular flexibility index (Phi) is 6.05. The third kappa shape index (κ3) is 4.24. The molecule has 0 aliphatic heterocycles. The fourth-order valence-corrected chi connectivity index (χ4v) is 3.12. The molecule has 0 spiro atoms. The van der Waals surface area contributed by atoms with Crippen LogP contribution in [0.15, 0.2) is 35.5 Å². The molecule has 0 aliphatic carbocycles. The van der Waals surface area contributed by atoms with Gasteiger partial charge in [0, 0.05) is 13.1 Å². The summed E-state index contributed by atoms with van der Waals surface area (Å²) in [7, 11) is -3.92. The maximum atomic E-state index is 12.3. The van der Waals surface area contributed by atoms with Gasteiger partial charge in [-0.3, -0.25) is 15.5 Å². The minimum absolute atomic E-state index is 0.0243. The molecule has 0 unspecified atom stereocenters. The van der Waals surface area contributed by atoms with E-state index in [4.69, 9.17) is 0 Å². The van der Waals surface area contributed by atoms with Crippen molar-refractivity contribution in [2.75, 3.05) is 23.4 Å². The number of benzene rings is 1. The fraction of sp³-hybridized carbons (Fsp3) is 0.333. The van der Waals surface area contributed by atoms with Crippen LogP contribution < -0.4 is 15.2 Å². The van der Waals surface area contributed by atoms with E-state index < -0.39 is 20.6 Å². The molecule has 10 nitrogen and oxygen atoms in total. The Morgan fingerprint density at radius 3 is 2.31 bits per heavy atom. The predicted molar refractivity (Wildman–Crippen MR) is 97.4 cm³/mol. The number of aromatic nitrogens is 2. The summed E-state index contributed by atoms with van der Waals surface area (Å²) >= 11 is 0. The second-order valence-corrected chi connectivity index (χ2v) is 7.05. The minimum atomic E-state index is -3.92. The van der Waals surface area contributed by atoms with E-state index in [2.05, 4.69) is 20.2 Å². The zero-order valence-electron chi connectivity index (χ0n) is 14.6. The molecule has 0 bridgehead atoms. The molecule has 0 aliphatic rings. The summed E-state index contributed by atoms with van der Waals surface area (Å²) in [6.45, 7) is 6.51. The molecule has 0 saturated heterocycles. The van der Waals surface area contributed by atoms with Gasteiger partial charge in [0.15, 0.2) is 0 Å². The molecule has 1 aromatic heterocycles. The normalized spacial score (nSPS) is 11.2. The van der Waals surface area contributed by atoms with Crippen LogP contribution in [-0.2, 0) is 10.0 Å². The SMILES string of the molecule is CCN(CC)c1ncnc(NNS(=O)(=O)c2ccc(C)cc2)c1[N+](=O)[O-]. The summed E-state index contributed by atoms with van der Waals surface area (Å²) < 4.78 is 24.7. The topological polar surface area (TPSA) is 130 Å². The van der Waals surface area contributed by atoms with E-state index >= 15 is 0 Å². The summed E-state index contributed by atoms with van der Waals surface area (Å²) in [5, 5.41) is 11.5. The van der Waals surface area contributed by atoms with Crippen molar-refractivity contribution in [2.45, 2.75) is 25.7 Å². The average molecular weight is 380 g/mol. The Morgan fingerprint density at radius 1 is 1.15 bits per heavy atom. The van der Waals surface area contributed by atoms with E-state index in [1.165, 1.54) is 12.1 Å². The quantitative estimate of drug-likeness (QED) is 0.524. The number of anilines is 2. The van der Waals surface area contributed by atoms with Gasteiger partial charge in [0.25, 0.3) is 10.0 Å². The number of hydrogen-bond donors (Lipinski definition) is 2. The highest BCUT2D eigenvalue weighted by Gasteiger charge is 2.27. The van der Waals surface area contributed by atoms with Crippen LogP contribution in [0.3, 0.4) is 0 Å². The molecule has 11 heteroatoms. The van der Waals surface area contributed by atoms with E-state index in [1.54, 1.807) is 17.0 Å². The Bertz CT molecular complexity index is 882. The molecule has 2 aromatic rings. The van der Waals surface area contributed by atoms with Crippen molar-refractivity contribution in [3.8, 4) is 0 Å². The van der Waals surface area contributed by atoms with Gasteiger partial charge in [0.05, 0.1) is 9.82 Å². The van der Waals surface area contributed by atoms with E-state index in [0.717, 1.165) is 11.9 Å². The monoisotopic (exact) mass is 380 g/mol. The van der Waals surface area contributed by atoms with Crippen molar-refractivity contribution in [3.63, 3.8) is 0 Å².